The van der Waals surface area contributed by atoms with Crippen molar-refractivity contribution in [3.8, 4) is 27.8 Å². The largest absolute Gasteiger partial charge is 0.484 e. The van der Waals surface area contributed by atoms with E-state index in [-0.39, 0.29) is 12.5 Å². The molecule has 0 aliphatic carbocycles. The Morgan fingerprint density at radius 3 is 2.56 bits per heavy atom. The van der Waals surface area contributed by atoms with Gasteiger partial charge >= 0.3 is 0 Å². The molecule has 0 aliphatic heterocycles. The summed E-state index contributed by atoms with van der Waals surface area (Å²) in [6, 6.07) is 21.0. The number of rotatable bonds is 6. The number of hydrogen-bond acceptors (Lipinski definition) is 7. The third kappa shape index (κ3) is 4.35. The van der Waals surface area contributed by atoms with Crippen LogP contribution in [0.1, 0.15) is 5.56 Å². The zero-order chi connectivity index (χ0) is 21.9. The number of anilines is 1. The summed E-state index contributed by atoms with van der Waals surface area (Å²) in [4.78, 5) is 17.0. The van der Waals surface area contributed by atoms with Gasteiger partial charge in [-0.15, -0.1) is 21.5 Å². The van der Waals surface area contributed by atoms with Crippen LogP contribution in [0.3, 0.4) is 0 Å². The quantitative estimate of drug-likeness (QED) is 0.382. The molecule has 2 aromatic heterocycles. The molecule has 8 heteroatoms. The van der Waals surface area contributed by atoms with Crippen molar-refractivity contribution in [1.29, 1.82) is 0 Å². The minimum atomic E-state index is -0.241. The van der Waals surface area contributed by atoms with Crippen LogP contribution in [0.5, 0.6) is 5.75 Å². The molecule has 0 bridgehead atoms. The number of aromatic nitrogens is 3. The maximum atomic E-state index is 12.3. The fourth-order valence-electron chi connectivity index (χ4n) is 3.19. The average Bonchev–Trinajstić information content (AvgIpc) is 3.48. The van der Waals surface area contributed by atoms with Crippen molar-refractivity contribution in [3.05, 3.63) is 78.7 Å². The summed E-state index contributed by atoms with van der Waals surface area (Å²) in [6.07, 6.45) is 1.27. The van der Waals surface area contributed by atoms with Gasteiger partial charge in [0.1, 0.15) is 10.8 Å². The van der Waals surface area contributed by atoms with Crippen molar-refractivity contribution in [2.24, 2.45) is 0 Å². The first-order valence-corrected chi connectivity index (χ1v) is 10.7. The Morgan fingerprint density at radius 1 is 1.03 bits per heavy atom. The molecule has 0 fully saturated rings. The predicted molar refractivity (Wildman–Crippen MR) is 124 cm³/mol. The lowest BCUT2D eigenvalue weighted by atomic mass is 10.2. The molecule has 0 radical (unpaired) electrons. The van der Waals surface area contributed by atoms with Gasteiger partial charge in [-0.05, 0) is 73.2 Å². The predicted octanol–water partition coefficient (Wildman–Crippen LogP) is 5.34. The minimum Gasteiger partial charge on any atom is -0.484 e. The number of carbonyl (C=O) groups is 1. The van der Waals surface area contributed by atoms with Gasteiger partial charge < -0.3 is 14.5 Å². The average molecular weight is 443 g/mol. The van der Waals surface area contributed by atoms with E-state index in [1.54, 1.807) is 35.6 Å². The molecule has 5 rings (SSSR count). The zero-order valence-corrected chi connectivity index (χ0v) is 17.9. The molecule has 0 spiro atoms. The van der Waals surface area contributed by atoms with Crippen molar-refractivity contribution >= 4 is 33.1 Å². The van der Waals surface area contributed by atoms with E-state index < -0.39 is 0 Å². The third-order valence-electron chi connectivity index (χ3n) is 4.79. The van der Waals surface area contributed by atoms with E-state index in [4.69, 9.17) is 14.1 Å². The van der Waals surface area contributed by atoms with Gasteiger partial charge in [-0.2, -0.15) is 0 Å². The molecular formula is C24H18N4O3S. The van der Waals surface area contributed by atoms with Crippen LogP contribution in [0.4, 0.5) is 5.69 Å². The standard InChI is InChI=1S/C24H18N4O3S/c1-15-2-11-20-21(12-15)32-24(27-20)17-3-7-18(8-4-17)26-22(29)13-30-19-9-5-16(6-10-19)23-28-25-14-31-23/h2-12,14H,13H2,1H3,(H,26,29). The lowest BCUT2D eigenvalue weighted by molar-refractivity contribution is -0.118. The molecular weight excluding hydrogens is 424 g/mol. The van der Waals surface area contributed by atoms with Crippen molar-refractivity contribution in [3.63, 3.8) is 0 Å². The SMILES string of the molecule is Cc1ccc2nc(-c3ccc(NC(=O)COc4ccc(-c5nnco5)cc4)cc3)sc2c1. The smallest absolute Gasteiger partial charge is 0.262 e. The van der Waals surface area contributed by atoms with Crippen molar-refractivity contribution in [2.45, 2.75) is 6.92 Å². The van der Waals surface area contributed by atoms with Crippen LogP contribution in [0.2, 0.25) is 0 Å². The van der Waals surface area contributed by atoms with Crippen LogP contribution in [0.25, 0.3) is 32.2 Å². The van der Waals surface area contributed by atoms with Crippen LogP contribution < -0.4 is 10.1 Å². The second kappa shape index (κ2) is 8.60. The van der Waals surface area contributed by atoms with Gasteiger partial charge in [-0.25, -0.2) is 4.98 Å². The monoisotopic (exact) mass is 442 g/mol. The number of nitrogens with one attached hydrogen (secondary N) is 1. The van der Waals surface area contributed by atoms with E-state index in [1.165, 1.54) is 16.7 Å². The van der Waals surface area contributed by atoms with E-state index >= 15 is 0 Å². The molecule has 0 unspecified atom stereocenters. The molecule has 7 nitrogen and oxygen atoms in total. The number of fused-ring (bicyclic) bond motifs is 1. The van der Waals surface area contributed by atoms with Gasteiger partial charge in [0, 0.05) is 16.8 Å². The highest BCUT2D eigenvalue weighted by atomic mass is 32.1. The number of benzene rings is 3. The van der Waals surface area contributed by atoms with Crippen LogP contribution in [0, 0.1) is 6.92 Å². The molecule has 0 saturated carbocycles. The lowest BCUT2D eigenvalue weighted by Crippen LogP contribution is -2.20. The summed E-state index contributed by atoms with van der Waals surface area (Å²) in [7, 11) is 0. The number of amides is 1. The Hall–Kier alpha value is -4.04. The first kappa shape index (κ1) is 19.9. The summed E-state index contributed by atoms with van der Waals surface area (Å²) in [5.74, 6) is 0.762. The Labute approximate surface area is 187 Å². The maximum Gasteiger partial charge on any atom is 0.262 e. The molecule has 0 aliphatic rings. The molecule has 0 saturated heterocycles. The van der Waals surface area contributed by atoms with E-state index in [9.17, 15) is 4.79 Å². The maximum absolute atomic E-state index is 12.3. The third-order valence-corrected chi connectivity index (χ3v) is 5.86. The number of hydrogen-bond donors (Lipinski definition) is 1. The van der Waals surface area contributed by atoms with Crippen LogP contribution in [-0.4, -0.2) is 27.7 Å². The molecule has 1 N–H and O–H groups in total. The van der Waals surface area contributed by atoms with Crippen LogP contribution in [0.15, 0.2) is 77.5 Å². The molecule has 32 heavy (non-hydrogen) atoms. The summed E-state index contributed by atoms with van der Waals surface area (Å²) >= 11 is 1.66. The van der Waals surface area contributed by atoms with E-state index in [0.29, 0.717) is 17.3 Å². The van der Waals surface area contributed by atoms with E-state index in [2.05, 4.69) is 34.6 Å². The fourth-order valence-corrected chi connectivity index (χ4v) is 4.26. The lowest BCUT2D eigenvalue weighted by Gasteiger charge is -2.08. The first-order valence-electron chi connectivity index (χ1n) is 9.91. The zero-order valence-electron chi connectivity index (χ0n) is 17.1. The Bertz CT molecular complexity index is 1360. The fraction of sp³-hybridized carbons (Fsp3) is 0.0833. The van der Waals surface area contributed by atoms with Gasteiger partial charge in [0.25, 0.3) is 5.91 Å². The van der Waals surface area contributed by atoms with E-state index in [1.807, 2.05) is 30.3 Å². The topological polar surface area (TPSA) is 90.1 Å². The first-order chi connectivity index (χ1) is 15.6. The number of nitrogens with zero attached hydrogens (tertiary/aromatic N) is 3. The van der Waals surface area contributed by atoms with Gasteiger partial charge in [-0.1, -0.05) is 6.07 Å². The second-order valence-corrected chi connectivity index (χ2v) is 8.20. The summed E-state index contributed by atoms with van der Waals surface area (Å²) in [5.41, 5.74) is 4.71. The number of thiazole rings is 1. The minimum absolute atomic E-state index is 0.0983. The Balaban J connectivity index is 1.18. The normalized spacial score (nSPS) is 10.9. The summed E-state index contributed by atoms with van der Waals surface area (Å²) < 4.78 is 11.9. The molecule has 3 aromatic carbocycles. The summed E-state index contributed by atoms with van der Waals surface area (Å²) in [6.45, 7) is 1.98. The van der Waals surface area contributed by atoms with Crippen LogP contribution in [-0.2, 0) is 4.79 Å². The molecule has 2 heterocycles. The molecule has 1 amide bonds. The van der Waals surface area contributed by atoms with E-state index in [0.717, 1.165) is 21.7 Å². The van der Waals surface area contributed by atoms with Gasteiger partial charge in [-0.3, -0.25) is 4.79 Å². The number of aryl methyl sites for hydroxylation is 1. The van der Waals surface area contributed by atoms with Crippen molar-refractivity contribution < 1.29 is 13.9 Å². The highest BCUT2D eigenvalue weighted by molar-refractivity contribution is 7.21. The number of ether oxygens (including phenoxy) is 1. The molecule has 0 atom stereocenters. The van der Waals surface area contributed by atoms with Gasteiger partial charge in [0.05, 0.1) is 10.2 Å². The Kier molecular flexibility index (Phi) is 5.35. The van der Waals surface area contributed by atoms with Crippen molar-refractivity contribution in [1.82, 2.24) is 15.2 Å². The molecule has 158 valence electrons. The highest BCUT2D eigenvalue weighted by Gasteiger charge is 2.09. The highest BCUT2D eigenvalue weighted by Crippen LogP contribution is 2.31. The van der Waals surface area contributed by atoms with Gasteiger partial charge in [0.15, 0.2) is 6.61 Å². The number of carbonyl (C=O) groups excluding carboxylic acids is 1. The van der Waals surface area contributed by atoms with Crippen molar-refractivity contribution in [2.75, 3.05) is 11.9 Å². The van der Waals surface area contributed by atoms with Gasteiger partial charge in [0.2, 0.25) is 12.3 Å². The van der Waals surface area contributed by atoms with Crippen LogP contribution >= 0.6 is 11.3 Å². The molecule has 5 aromatic rings. The second-order valence-electron chi connectivity index (χ2n) is 7.17. The Morgan fingerprint density at radius 2 is 1.81 bits per heavy atom. The summed E-state index contributed by atoms with van der Waals surface area (Å²) in [5, 5.41) is 11.3.